The summed E-state index contributed by atoms with van der Waals surface area (Å²) in [5.41, 5.74) is 7.08. The zero-order chi connectivity index (χ0) is 22.2. The third-order valence-corrected chi connectivity index (χ3v) is 4.79. The second-order valence-corrected chi connectivity index (χ2v) is 6.79. The maximum absolute atomic E-state index is 13.5. The highest BCUT2D eigenvalue weighted by Gasteiger charge is 2.38. The van der Waals surface area contributed by atoms with Gasteiger partial charge in [0.05, 0.1) is 23.8 Å². The van der Waals surface area contributed by atoms with Crippen molar-refractivity contribution < 1.29 is 18.0 Å². The van der Waals surface area contributed by atoms with E-state index in [1.165, 1.54) is 23.0 Å². The fourth-order valence-corrected chi connectivity index (χ4v) is 3.24. The molecular formula is C21H17F3N6O. The molecule has 0 aliphatic carbocycles. The van der Waals surface area contributed by atoms with Crippen LogP contribution in [0, 0.1) is 0 Å². The molecular weight excluding hydrogens is 409 g/mol. The quantitative estimate of drug-likeness (QED) is 0.526. The number of alkyl halides is 3. The summed E-state index contributed by atoms with van der Waals surface area (Å²) in [5.74, 6) is -0.548. The van der Waals surface area contributed by atoms with Crippen molar-refractivity contribution in [1.29, 1.82) is 0 Å². The van der Waals surface area contributed by atoms with Crippen molar-refractivity contribution >= 4 is 5.91 Å². The summed E-state index contributed by atoms with van der Waals surface area (Å²) in [7, 11) is 0. The van der Waals surface area contributed by atoms with Gasteiger partial charge < -0.3 is 5.73 Å². The van der Waals surface area contributed by atoms with Crippen LogP contribution in [0.25, 0.3) is 22.6 Å². The van der Waals surface area contributed by atoms with E-state index in [2.05, 4.69) is 15.4 Å². The normalized spacial score (nSPS) is 11.6. The van der Waals surface area contributed by atoms with Crippen LogP contribution in [0.15, 0.2) is 60.9 Å². The molecule has 0 fully saturated rings. The van der Waals surface area contributed by atoms with E-state index in [1.54, 1.807) is 49.5 Å². The lowest BCUT2D eigenvalue weighted by atomic mass is 10.1. The number of carbonyl (C=O) groups excluding carboxylic acids is 1. The number of hydrogen-bond donors (Lipinski definition) is 1. The van der Waals surface area contributed by atoms with Crippen molar-refractivity contribution in [3.05, 3.63) is 77.7 Å². The molecule has 1 amide bonds. The molecule has 0 aliphatic heterocycles. The Morgan fingerprint density at radius 1 is 1.10 bits per heavy atom. The summed E-state index contributed by atoms with van der Waals surface area (Å²) in [6.07, 6.45) is -1.40. The molecule has 2 aromatic heterocycles. The summed E-state index contributed by atoms with van der Waals surface area (Å²) < 4.78 is 42.8. The Hall–Kier alpha value is -3.95. The number of rotatable bonds is 5. The third kappa shape index (κ3) is 3.91. The Balaban J connectivity index is 1.64. The van der Waals surface area contributed by atoms with E-state index in [1.807, 2.05) is 0 Å². The molecule has 2 N–H and O–H groups in total. The number of primary amides is 1. The molecule has 0 bridgehead atoms. The second kappa shape index (κ2) is 7.71. The SMILES string of the molecule is CCc1cnn(-c2ccc(-n3cc(-c4cccc(C(N)=O)c4)nn3)cc2)c1C(F)(F)F. The van der Waals surface area contributed by atoms with Crippen molar-refractivity contribution in [1.82, 2.24) is 24.8 Å². The van der Waals surface area contributed by atoms with Gasteiger partial charge in [-0.1, -0.05) is 24.3 Å². The average Bonchev–Trinajstić information content (AvgIpc) is 3.41. The van der Waals surface area contributed by atoms with Gasteiger partial charge in [0.15, 0.2) is 5.69 Å². The van der Waals surface area contributed by atoms with Gasteiger partial charge in [-0.2, -0.15) is 18.3 Å². The van der Waals surface area contributed by atoms with Crippen LogP contribution in [0.4, 0.5) is 13.2 Å². The molecule has 0 unspecified atom stereocenters. The molecule has 0 spiro atoms. The number of amides is 1. The minimum absolute atomic E-state index is 0.135. The van der Waals surface area contributed by atoms with Gasteiger partial charge >= 0.3 is 6.18 Å². The van der Waals surface area contributed by atoms with Gasteiger partial charge in [0.1, 0.15) is 5.69 Å². The summed E-state index contributed by atoms with van der Waals surface area (Å²) >= 11 is 0. The van der Waals surface area contributed by atoms with E-state index < -0.39 is 17.8 Å². The van der Waals surface area contributed by atoms with Crippen LogP contribution in [0.1, 0.15) is 28.5 Å². The summed E-state index contributed by atoms with van der Waals surface area (Å²) in [5, 5.41) is 12.1. The molecule has 0 atom stereocenters. The molecule has 10 heteroatoms. The number of carbonyl (C=O) groups is 1. The maximum atomic E-state index is 13.5. The highest BCUT2D eigenvalue weighted by atomic mass is 19.4. The van der Waals surface area contributed by atoms with Gasteiger partial charge in [-0.05, 0) is 42.8 Å². The first-order valence-corrected chi connectivity index (χ1v) is 9.35. The highest BCUT2D eigenvalue weighted by Crippen LogP contribution is 2.34. The van der Waals surface area contributed by atoms with Crippen molar-refractivity contribution in [2.45, 2.75) is 19.5 Å². The highest BCUT2D eigenvalue weighted by molar-refractivity contribution is 5.93. The van der Waals surface area contributed by atoms with E-state index in [4.69, 9.17) is 5.73 Å². The van der Waals surface area contributed by atoms with Gasteiger partial charge in [0, 0.05) is 16.7 Å². The number of nitrogens with zero attached hydrogens (tertiary/aromatic N) is 5. The van der Waals surface area contributed by atoms with Crippen LogP contribution >= 0.6 is 0 Å². The molecule has 31 heavy (non-hydrogen) atoms. The van der Waals surface area contributed by atoms with Gasteiger partial charge in [0.2, 0.25) is 5.91 Å². The van der Waals surface area contributed by atoms with Crippen LogP contribution < -0.4 is 5.73 Å². The van der Waals surface area contributed by atoms with Crippen LogP contribution in [0.3, 0.4) is 0 Å². The predicted octanol–water partition coefficient (Wildman–Crippen LogP) is 3.80. The van der Waals surface area contributed by atoms with E-state index >= 15 is 0 Å². The first kappa shape index (κ1) is 20.3. The molecule has 0 saturated carbocycles. The summed E-state index contributed by atoms with van der Waals surface area (Å²) in [6.45, 7) is 1.65. The molecule has 4 rings (SSSR count). The lowest BCUT2D eigenvalue weighted by Gasteiger charge is -2.12. The largest absolute Gasteiger partial charge is 0.433 e. The predicted molar refractivity (Wildman–Crippen MR) is 107 cm³/mol. The minimum Gasteiger partial charge on any atom is -0.366 e. The topological polar surface area (TPSA) is 91.6 Å². The Morgan fingerprint density at radius 2 is 1.81 bits per heavy atom. The van der Waals surface area contributed by atoms with E-state index in [9.17, 15) is 18.0 Å². The zero-order valence-corrected chi connectivity index (χ0v) is 16.3. The minimum atomic E-state index is -4.51. The van der Waals surface area contributed by atoms with Crippen molar-refractivity contribution in [2.75, 3.05) is 0 Å². The lowest BCUT2D eigenvalue weighted by Crippen LogP contribution is -2.15. The molecule has 0 saturated heterocycles. The van der Waals surface area contributed by atoms with Gasteiger partial charge in [-0.25, -0.2) is 9.36 Å². The van der Waals surface area contributed by atoms with Gasteiger partial charge in [-0.3, -0.25) is 4.79 Å². The first-order valence-electron chi connectivity index (χ1n) is 9.35. The number of hydrogen-bond acceptors (Lipinski definition) is 4. The number of aromatic nitrogens is 5. The van der Waals surface area contributed by atoms with Crippen molar-refractivity contribution in [2.24, 2.45) is 5.73 Å². The summed E-state index contributed by atoms with van der Waals surface area (Å²) in [4.78, 5) is 11.4. The number of aryl methyl sites for hydroxylation is 1. The number of nitrogens with two attached hydrogens (primary N) is 1. The molecule has 158 valence electrons. The lowest BCUT2D eigenvalue weighted by molar-refractivity contribution is -0.143. The van der Waals surface area contributed by atoms with Crippen LogP contribution in [0.5, 0.6) is 0 Å². The van der Waals surface area contributed by atoms with Crippen LogP contribution in [-0.2, 0) is 12.6 Å². The smallest absolute Gasteiger partial charge is 0.366 e. The van der Waals surface area contributed by atoms with E-state index in [0.29, 0.717) is 22.5 Å². The fourth-order valence-electron chi connectivity index (χ4n) is 3.24. The number of benzene rings is 2. The molecule has 4 aromatic rings. The Labute approximate surface area is 174 Å². The van der Waals surface area contributed by atoms with E-state index in [-0.39, 0.29) is 17.7 Å². The zero-order valence-electron chi connectivity index (χ0n) is 16.3. The number of halogens is 3. The molecule has 0 aliphatic rings. The van der Waals surface area contributed by atoms with Crippen LogP contribution in [0.2, 0.25) is 0 Å². The van der Waals surface area contributed by atoms with Crippen molar-refractivity contribution in [3.8, 4) is 22.6 Å². The average molecular weight is 426 g/mol. The maximum Gasteiger partial charge on any atom is 0.433 e. The second-order valence-electron chi connectivity index (χ2n) is 6.79. The standard InChI is InChI=1S/C21H17F3N6O/c1-2-13-11-26-30(19(13)21(22,23)24)17-8-6-16(7-9-17)29-12-18(27-28-29)14-4-3-5-15(10-14)20(25)31/h3-12H,2H2,1H3,(H2,25,31). The Bertz CT molecular complexity index is 1240. The molecule has 7 nitrogen and oxygen atoms in total. The Morgan fingerprint density at radius 3 is 2.45 bits per heavy atom. The summed E-state index contributed by atoms with van der Waals surface area (Å²) in [6, 6.07) is 13.0. The Kier molecular flexibility index (Phi) is 5.05. The van der Waals surface area contributed by atoms with Gasteiger partial charge in [0.25, 0.3) is 0 Å². The third-order valence-electron chi connectivity index (χ3n) is 4.79. The van der Waals surface area contributed by atoms with E-state index in [0.717, 1.165) is 4.68 Å². The monoisotopic (exact) mass is 426 g/mol. The van der Waals surface area contributed by atoms with Crippen molar-refractivity contribution in [3.63, 3.8) is 0 Å². The van der Waals surface area contributed by atoms with Crippen LogP contribution in [-0.4, -0.2) is 30.7 Å². The molecule has 0 radical (unpaired) electrons. The van der Waals surface area contributed by atoms with Gasteiger partial charge in [-0.15, -0.1) is 5.10 Å². The molecule has 2 aromatic carbocycles. The fraction of sp³-hybridized carbons (Fsp3) is 0.143. The first-order chi connectivity index (χ1) is 14.8. The molecule has 2 heterocycles.